The van der Waals surface area contributed by atoms with Crippen molar-refractivity contribution >= 4 is 39.1 Å². The van der Waals surface area contributed by atoms with Crippen molar-refractivity contribution in [2.45, 2.75) is 6.10 Å². The molecule has 1 N–H and O–H groups in total. The van der Waals surface area contributed by atoms with Crippen molar-refractivity contribution in [3.05, 3.63) is 44.1 Å². The monoisotopic (exact) mass is 335 g/mol. The van der Waals surface area contributed by atoms with Crippen LogP contribution in [0, 0.1) is 0 Å². The summed E-state index contributed by atoms with van der Waals surface area (Å²) in [5, 5.41) is 18.8. The second kappa shape index (κ2) is 4.94. The summed E-state index contributed by atoms with van der Waals surface area (Å²) in [6.07, 6.45) is -0.908. The summed E-state index contributed by atoms with van der Waals surface area (Å²) in [7, 11) is 1.69. The molecule has 4 nitrogen and oxygen atoms in total. The fraction of sp³-hybridized carbons (Fsp3) is 0.200. The Labute approximate surface area is 116 Å². The highest BCUT2D eigenvalue weighted by Crippen LogP contribution is 2.32. The highest BCUT2D eigenvalue weighted by atomic mass is 79.9. The highest BCUT2D eigenvalue weighted by Gasteiger charge is 2.21. The van der Waals surface area contributed by atoms with Gasteiger partial charge in [-0.1, -0.05) is 34.5 Å². The van der Waals surface area contributed by atoms with Gasteiger partial charge in [-0.05, 0) is 28.1 Å². The zero-order valence-electron chi connectivity index (χ0n) is 8.73. The van der Waals surface area contributed by atoms with Gasteiger partial charge in [-0.15, -0.1) is 5.10 Å². The molecule has 0 aliphatic heterocycles. The summed E-state index contributed by atoms with van der Waals surface area (Å²) in [6.45, 7) is 0. The Balaban J connectivity index is 2.47. The summed E-state index contributed by atoms with van der Waals surface area (Å²) >= 11 is 15.1. The SMILES string of the molecule is Cn1nnc(Br)c1C(O)c1ccc(Cl)cc1Cl. The lowest BCUT2D eigenvalue weighted by atomic mass is 10.1. The van der Waals surface area contributed by atoms with Crippen LogP contribution in [0.3, 0.4) is 0 Å². The van der Waals surface area contributed by atoms with Gasteiger partial charge in [0, 0.05) is 22.7 Å². The molecule has 0 spiro atoms. The predicted octanol–water partition coefficient (Wildman–Crippen LogP) is 2.97. The van der Waals surface area contributed by atoms with E-state index in [1.54, 1.807) is 25.2 Å². The summed E-state index contributed by atoms with van der Waals surface area (Å²) < 4.78 is 1.97. The lowest BCUT2D eigenvalue weighted by Gasteiger charge is -2.13. The zero-order valence-corrected chi connectivity index (χ0v) is 11.8. The molecule has 2 aromatic rings. The van der Waals surface area contributed by atoms with Gasteiger partial charge in [0.15, 0.2) is 4.60 Å². The number of aliphatic hydroxyl groups is 1. The van der Waals surface area contributed by atoms with E-state index in [-0.39, 0.29) is 0 Å². The lowest BCUT2D eigenvalue weighted by molar-refractivity contribution is 0.209. The molecular formula is C10H8BrCl2N3O. The number of rotatable bonds is 2. The maximum Gasteiger partial charge on any atom is 0.154 e. The third kappa shape index (κ3) is 2.47. The Morgan fingerprint density at radius 3 is 2.65 bits per heavy atom. The molecule has 0 aliphatic rings. The second-order valence-corrected chi connectivity index (χ2v) is 5.05. The molecule has 1 aromatic heterocycles. The predicted molar refractivity (Wildman–Crippen MR) is 69.2 cm³/mol. The van der Waals surface area contributed by atoms with Crippen molar-refractivity contribution < 1.29 is 5.11 Å². The third-order valence-corrected chi connectivity index (χ3v) is 3.47. The van der Waals surface area contributed by atoms with E-state index in [2.05, 4.69) is 26.2 Å². The topological polar surface area (TPSA) is 50.9 Å². The number of hydrogen-bond donors (Lipinski definition) is 1. The van der Waals surface area contributed by atoms with Gasteiger partial charge >= 0.3 is 0 Å². The first kappa shape index (κ1) is 12.8. The smallest absolute Gasteiger partial charge is 0.154 e. The van der Waals surface area contributed by atoms with Crippen molar-refractivity contribution in [3.63, 3.8) is 0 Å². The number of hydrogen-bond acceptors (Lipinski definition) is 3. The first-order chi connectivity index (χ1) is 8.00. The minimum atomic E-state index is -0.908. The summed E-state index contributed by atoms with van der Waals surface area (Å²) in [4.78, 5) is 0. The molecule has 0 fully saturated rings. The van der Waals surface area contributed by atoms with E-state index in [1.807, 2.05) is 0 Å². The van der Waals surface area contributed by atoms with Crippen LogP contribution < -0.4 is 0 Å². The number of halogens is 3. The quantitative estimate of drug-likeness (QED) is 0.917. The van der Waals surface area contributed by atoms with Gasteiger partial charge in [0.25, 0.3) is 0 Å². The second-order valence-electron chi connectivity index (χ2n) is 3.46. The van der Waals surface area contributed by atoms with Crippen LogP contribution in [-0.4, -0.2) is 20.1 Å². The van der Waals surface area contributed by atoms with Crippen molar-refractivity contribution in [1.29, 1.82) is 0 Å². The van der Waals surface area contributed by atoms with Crippen LogP contribution in [0.4, 0.5) is 0 Å². The molecule has 17 heavy (non-hydrogen) atoms. The Morgan fingerprint density at radius 1 is 1.41 bits per heavy atom. The van der Waals surface area contributed by atoms with Crippen LogP contribution >= 0.6 is 39.1 Å². The summed E-state index contributed by atoms with van der Waals surface area (Å²) in [5.41, 5.74) is 1.09. The van der Waals surface area contributed by atoms with Crippen molar-refractivity contribution in [1.82, 2.24) is 15.0 Å². The highest BCUT2D eigenvalue weighted by molar-refractivity contribution is 9.10. The molecule has 7 heteroatoms. The van der Waals surface area contributed by atoms with Crippen LogP contribution in [0.25, 0.3) is 0 Å². The van der Waals surface area contributed by atoms with Crippen molar-refractivity contribution in [3.8, 4) is 0 Å². The molecule has 2 rings (SSSR count). The van der Waals surface area contributed by atoms with Gasteiger partial charge in [-0.2, -0.15) is 0 Å². The van der Waals surface area contributed by atoms with Gasteiger partial charge in [0.05, 0.1) is 0 Å². The molecule has 90 valence electrons. The maximum atomic E-state index is 10.3. The maximum absolute atomic E-state index is 10.3. The Morgan fingerprint density at radius 2 is 2.12 bits per heavy atom. The number of benzene rings is 1. The van der Waals surface area contributed by atoms with E-state index >= 15 is 0 Å². The van der Waals surface area contributed by atoms with E-state index in [0.29, 0.717) is 25.9 Å². The molecule has 0 bridgehead atoms. The molecule has 1 heterocycles. The molecule has 1 aromatic carbocycles. The minimum Gasteiger partial charge on any atom is -0.382 e. The normalized spacial score (nSPS) is 12.8. The van der Waals surface area contributed by atoms with Crippen molar-refractivity contribution in [2.75, 3.05) is 0 Å². The molecule has 1 atom stereocenters. The summed E-state index contributed by atoms with van der Waals surface area (Å²) in [5.74, 6) is 0. The van der Waals surface area contributed by atoms with E-state index in [9.17, 15) is 5.11 Å². The fourth-order valence-electron chi connectivity index (χ4n) is 1.50. The molecule has 0 aliphatic carbocycles. The number of aliphatic hydroxyl groups excluding tert-OH is 1. The van der Waals surface area contributed by atoms with Gasteiger partial charge in [0.2, 0.25) is 0 Å². The molecule has 0 radical (unpaired) electrons. The Hall–Kier alpha value is -0.620. The summed E-state index contributed by atoms with van der Waals surface area (Å²) in [6, 6.07) is 4.93. The molecule has 1 unspecified atom stereocenters. The molecule has 0 saturated heterocycles. The average molecular weight is 337 g/mol. The van der Waals surface area contributed by atoms with E-state index < -0.39 is 6.10 Å². The number of aryl methyl sites for hydroxylation is 1. The van der Waals surface area contributed by atoms with Crippen LogP contribution in [0.15, 0.2) is 22.8 Å². The molecular weight excluding hydrogens is 329 g/mol. The van der Waals surface area contributed by atoms with Crippen LogP contribution in [0.5, 0.6) is 0 Å². The molecule has 0 saturated carbocycles. The first-order valence-corrected chi connectivity index (χ1v) is 6.23. The van der Waals surface area contributed by atoms with Crippen LogP contribution in [-0.2, 0) is 7.05 Å². The molecule has 0 amide bonds. The lowest BCUT2D eigenvalue weighted by Crippen LogP contribution is -2.07. The Bertz CT molecular complexity index is 539. The Kier molecular flexibility index (Phi) is 3.73. The van der Waals surface area contributed by atoms with Crippen LogP contribution in [0.1, 0.15) is 17.4 Å². The van der Waals surface area contributed by atoms with Gasteiger partial charge in [0.1, 0.15) is 11.8 Å². The number of nitrogens with zero attached hydrogens (tertiary/aromatic N) is 3. The van der Waals surface area contributed by atoms with Gasteiger partial charge in [-0.3, -0.25) is 0 Å². The van der Waals surface area contributed by atoms with E-state index in [4.69, 9.17) is 23.2 Å². The van der Waals surface area contributed by atoms with Crippen LogP contribution in [0.2, 0.25) is 10.0 Å². The largest absolute Gasteiger partial charge is 0.382 e. The fourth-order valence-corrected chi connectivity index (χ4v) is 2.56. The zero-order chi connectivity index (χ0) is 12.6. The standard InChI is InChI=1S/C10H8BrCl2N3O/c1-16-8(10(11)14-15-16)9(17)6-3-2-5(12)4-7(6)13/h2-4,9,17H,1H3. The van der Waals surface area contributed by atoms with E-state index in [0.717, 1.165) is 0 Å². The van der Waals surface area contributed by atoms with Gasteiger partial charge in [-0.25, -0.2) is 4.68 Å². The number of aromatic nitrogens is 3. The average Bonchev–Trinajstić information content (AvgIpc) is 2.58. The van der Waals surface area contributed by atoms with Crippen molar-refractivity contribution in [2.24, 2.45) is 7.05 Å². The van der Waals surface area contributed by atoms with E-state index in [1.165, 1.54) is 4.68 Å². The third-order valence-electron chi connectivity index (χ3n) is 2.34. The minimum absolute atomic E-state index is 0.401. The van der Waals surface area contributed by atoms with Gasteiger partial charge < -0.3 is 5.11 Å². The first-order valence-electron chi connectivity index (χ1n) is 4.68.